The molecule has 0 radical (unpaired) electrons. The monoisotopic (exact) mass is 398 g/mol. The lowest BCUT2D eigenvalue weighted by Gasteiger charge is -2.21. The molecule has 0 N–H and O–H groups in total. The first-order valence-corrected chi connectivity index (χ1v) is 10.6. The molecule has 0 aliphatic carbocycles. The predicted molar refractivity (Wildman–Crippen MR) is 105 cm³/mol. The van der Waals surface area contributed by atoms with Crippen LogP contribution in [0, 0.1) is 0 Å². The molecule has 1 unspecified atom stereocenters. The average molecular weight is 398 g/mol. The SMILES string of the molecule is CC1Cc2cc(C(=O)Cn3nnc4ccccc4c3=O)ccc2N1S(C)(=O)=O. The highest BCUT2D eigenvalue weighted by atomic mass is 32.2. The molecule has 0 saturated heterocycles. The summed E-state index contributed by atoms with van der Waals surface area (Å²) in [7, 11) is -3.39. The summed E-state index contributed by atoms with van der Waals surface area (Å²) in [6.45, 7) is 1.59. The van der Waals surface area contributed by atoms with Crippen molar-refractivity contribution in [1.29, 1.82) is 0 Å². The van der Waals surface area contributed by atoms with E-state index < -0.39 is 10.0 Å². The van der Waals surface area contributed by atoms with Gasteiger partial charge in [-0.15, -0.1) is 5.10 Å². The summed E-state index contributed by atoms with van der Waals surface area (Å²) < 4.78 is 26.4. The number of carbonyl (C=O) groups is 1. The molecule has 2 heterocycles. The lowest BCUT2D eigenvalue weighted by Crippen LogP contribution is -2.34. The van der Waals surface area contributed by atoms with Gasteiger partial charge in [0.25, 0.3) is 5.56 Å². The van der Waals surface area contributed by atoms with Crippen LogP contribution in [0.5, 0.6) is 0 Å². The fourth-order valence-electron chi connectivity index (χ4n) is 3.64. The van der Waals surface area contributed by atoms with E-state index in [2.05, 4.69) is 10.3 Å². The summed E-state index contributed by atoms with van der Waals surface area (Å²) in [4.78, 5) is 25.2. The first kappa shape index (κ1) is 18.3. The molecule has 1 aliphatic heterocycles. The maximum absolute atomic E-state index is 12.7. The smallest absolute Gasteiger partial charge is 0.278 e. The van der Waals surface area contributed by atoms with Crippen molar-refractivity contribution in [3.63, 3.8) is 0 Å². The fourth-order valence-corrected chi connectivity index (χ4v) is 4.90. The third-order valence-corrected chi connectivity index (χ3v) is 6.11. The van der Waals surface area contributed by atoms with Crippen LogP contribution in [0.15, 0.2) is 47.3 Å². The van der Waals surface area contributed by atoms with E-state index in [-0.39, 0.29) is 23.9 Å². The van der Waals surface area contributed by atoms with Gasteiger partial charge in [-0.1, -0.05) is 17.3 Å². The van der Waals surface area contributed by atoms with Crippen molar-refractivity contribution in [3.05, 3.63) is 63.9 Å². The molecule has 0 fully saturated rings. The second-order valence-electron chi connectivity index (χ2n) is 6.95. The predicted octanol–water partition coefficient (Wildman–Crippen LogP) is 1.39. The molecule has 0 spiro atoms. The minimum atomic E-state index is -3.39. The lowest BCUT2D eigenvalue weighted by atomic mass is 10.0. The van der Waals surface area contributed by atoms with Gasteiger partial charge >= 0.3 is 0 Å². The molecule has 1 aromatic heterocycles. The van der Waals surface area contributed by atoms with Crippen LogP contribution in [-0.4, -0.2) is 41.5 Å². The number of Topliss-reactive ketones (excluding diaryl/α,β-unsaturated/α-hetero) is 1. The van der Waals surface area contributed by atoms with Gasteiger partial charge in [0, 0.05) is 11.6 Å². The van der Waals surface area contributed by atoms with E-state index in [1.54, 1.807) is 42.5 Å². The number of aromatic nitrogens is 3. The first-order valence-electron chi connectivity index (χ1n) is 8.74. The molecule has 0 bridgehead atoms. The first-order chi connectivity index (χ1) is 13.3. The van der Waals surface area contributed by atoms with Crippen molar-refractivity contribution in [2.45, 2.75) is 25.9 Å². The number of ketones is 1. The summed E-state index contributed by atoms with van der Waals surface area (Å²) >= 11 is 0. The molecule has 28 heavy (non-hydrogen) atoms. The minimum Gasteiger partial charge on any atom is -0.292 e. The Balaban J connectivity index is 1.65. The molecule has 3 aromatic rings. The topological polar surface area (TPSA) is 102 Å². The van der Waals surface area contributed by atoms with Crippen molar-refractivity contribution in [1.82, 2.24) is 15.0 Å². The maximum Gasteiger partial charge on any atom is 0.278 e. The fraction of sp³-hybridized carbons (Fsp3) is 0.263. The second-order valence-corrected chi connectivity index (χ2v) is 8.81. The summed E-state index contributed by atoms with van der Waals surface area (Å²) in [6, 6.07) is 11.5. The van der Waals surface area contributed by atoms with Crippen molar-refractivity contribution in [2.75, 3.05) is 10.6 Å². The normalized spacial score (nSPS) is 16.4. The molecule has 0 saturated carbocycles. The number of fused-ring (bicyclic) bond motifs is 2. The molecule has 4 rings (SSSR count). The third kappa shape index (κ3) is 3.07. The van der Waals surface area contributed by atoms with Gasteiger partial charge in [-0.3, -0.25) is 13.9 Å². The van der Waals surface area contributed by atoms with Crippen molar-refractivity contribution in [3.8, 4) is 0 Å². The number of rotatable bonds is 4. The number of hydrogen-bond donors (Lipinski definition) is 0. The molecule has 144 valence electrons. The number of carbonyl (C=O) groups excluding carboxylic acids is 1. The minimum absolute atomic E-state index is 0.204. The van der Waals surface area contributed by atoms with Gasteiger partial charge in [0.1, 0.15) is 12.1 Å². The Morgan fingerprint density at radius 2 is 1.96 bits per heavy atom. The van der Waals surface area contributed by atoms with Crippen molar-refractivity contribution in [2.24, 2.45) is 0 Å². The largest absolute Gasteiger partial charge is 0.292 e. The van der Waals surface area contributed by atoms with E-state index in [9.17, 15) is 18.0 Å². The Labute approximate surface area is 161 Å². The zero-order chi connectivity index (χ0) is 20.1. The average Bonchev–Trinajstić information content (AvgIpc) is 2.99. The van der Waals surface area contributed by atoms with Crippen LogP contribution >= 0.6 is 0 Å². The standard InChI is InChI=1S/C19H18N4O4S/c1-12-9-14-10-13(7-8-17(14)23(12)28(2,26)27)18(24)11-22-19(25)15-5-3-4-6-16(15)20-21-22/h3-8,10,12H,9,11H2,1-2H3. The van der Waals surface area contributed by atoms with Crippen LogP contribution in [0.4, 0.5) is 5.69 Å². The van der Waals surface area contributed by atoms with Crippen LogP contribution in [0.25, 0.3) is 10.9 Å². The van der Waals surface area contributed by atoms with Crippen LogP contribution in [0.2, 0.25) is 0 Å². The van der Waals surface area contributed by atoms with Crippen molar-refractivity contribution < 1.29 is 13.2 Å². The van der Waals surface area contributed by atoms with Gasteiger partial charge in [0.05, 0.1) is 17.3 Å². The van der Waals surface area contributed by atoms with E-state index in [0.717, 1.165) is 10.2 Å². The zero-order valence-electron chi connectivity index (χ0n) is 15.4. The molecule has 0 amide bonds. The van der Waals surface area contributed by atoms with E-state index in [1.807, 2.05) is 6.92 Å². The molecule has 2 aromatic carbocycles. The molecule has 1 atom stereocenters. The van der Waals surface area contributed by atoms with Gasteiger partial charge in [0.15, 0.2) is 5.78 Å². The summed E-state index contributed by atoms with van der Waals surface area (Å²) in [5.74, 6) is -0.292. The van der Waals surface area contributed by atoms with Gasteiger partial charge in [-0.05, 0) is 49.2 Å². The highest BCUT2D eigenvalue weighted by molar-refractivity contribution is 7.92. The highest BCUT2D eigenvalue weighted by Crippen LogP contribution is 2.34. The van der Waals surface area contributed by atoms with Gasteiger partial charge in [-0.25, -0.2) is 13.1 Å². The molecular weight excluding hydrogens is 380 g/mol. The summed E-state index contributed by atoms with van der Waals surface area (Å²) in [6.07, 6.45) is 1.70. The van der Waals surface area contributed by atoms with Gasteiger partial charge in [-0.2, -0.15) is 0 Å². The van der Waals surface area contributed by atoms with Crippen LogP contribution < -0.4 is 9.86 Å². The van der Waals surface area contributed by atoms with E-state index >= 15 is 0 Å². The Bertz CT molecular complexity index is 1270. The number of nitrogens with zero attached hydrogens (tertiary/aromatic N) is 4. The third-order valence-electron chi connectivity index (χ3n) is 4.83. The molecule has 9 heteroatoms. The Morgan fingerprint density at radius 3 is 2.71 bits per heavy atom. The highest BCUT2D eigenvalue weighted by Gasteiger charge is 2.32. The van der Waals surface area contributed by atoms with Crippen LogP contribution in [-0.2, 0) is 23.0 Å². The van der Waals surface area contributed by atoms with Crippen LogP contribution in [0.3, 0.4) is 0 Å². The summed E-state index contributed by atoms with van der Waals surface area (Å²) in [5, 5.41) is 8.23. The molecule has 1 aliphatic rings. The van der Waals surface area contributed by atoms with Gasteiger partial charge in [0.2, 0.25) is 10.0 Å². The number of anilines is 1. The Kier molecular flexibility index (Phi) is 4.26. The van der Waals surface area contributed by atoms with Gasteiger partial charge < -0.3 is 0 Å². The number of hydrogen-bond acceptors (Lipinski definition) is 6. The quantitative estimate of drug-likeness (QED) is 0.616. The van der Waals surface area contributed by atoms with Crippen molar-refractivity contribution >= 4 is 32.4 Å². The summed E-state index contributed by atoms with van der Waals surface area (Å²) in [5.41, 5.74) is 1.89. The van der Waals surface area contributed by atoms with E-state index in [1.165, 1.54) is 10.6 Å². The van der Waals surface area contributed by atoms with Crippen LogP contribution in [0.1, 0.15) is 22.8 Å². The second kappa shape index (κ2) is 6.52. The molecule has 8 nitrogen and oxygen atoms in total. The molecular formula is C19H18N4O4S. The Hall–Kier alpha value is -3.07. The van der Waals surface area contributed by atoms with E-state index in [4.69, 9.17) is 0 Å². The number of sulfonamides is 1. The Morgan fingerprint density at radius 1 is 1.21 bits per heavy atom. The number of benzene rings is 2. The lowest BCUT2D eigenvalue weighted by molar-refractivity contribution is 0.0964. The van der Waals surface area contributed by atoms with E-state index in [0.29, 0.717) is 28.6 Å². The zero-order valence-corrected chi connectivity index (χ0v) is 16.2. The maximum atomic E-state index is 12.7.